The van der Waals surface area contributed by atoms with Crippen molar-refractivity contribution in [3.05, 3.63) is 12.0 Å². The normalized spacial score (nSPS) is 11.9. The molecular formula is C9H15ClN2O3S. The fourth-order valence-electron chi connectivity index (χ4n) is 1.35. The predicted octanol–water partition coefficient (Wildman–Crippen LogP) is 1.55. The molecule has 1 rings (SSSR count). The van der Waals surface area contributed by atoms with Gasteiger partial charge in [0.15, 0.2) is 5.03 Å². The van der Waals surface area contributed by atoms with E-state index in [1.807, 2.05) is 0 Å². The van der Waals surface area contributed by atoms with Gasteiger partial charge < -0.3 is 9.30 Å². The molecule has 0 bridgehead atoms. The van der Waals surface area contributed by atoms with Crippen LogP contribution in [0.1, 0.15) is 18.7 Å². The lowest BCUT2D eigenvalue weighted by atomic mass is 10.3. The number of imidazole rings is 1. The molecule has 16 heavy (non-hydrogen) atoms. The number of rotatable bonds is 6. The Labute approximate surface area is 99.8 Å². The SMILES string of the molecule is COCCCCn1cc(S(=O)(=O)Cl)nc1C. The molecule has 0 spiro atoms. The van der Waals surface area contributed by atoms with Crippen LogP contribution in [-0.4, -0.2) is 31.7 Å². The van der Waals surface area contributed by atoms with Gasteiger partial charge in [-0.25, -0.2) is 13.4 Å². The first-order valence-electron chi connectivity index (χ1n) is 4.92. The average Bonchev–Trinajstić information content (AvgIpc) is 2.55. The Hall–Kier alpha value is -0.590. The van der Waals surface area contributed by atoms with Crippen LogP contribution in [0.25, 0.3) is 0 Å². The van der Waals surface area contributed by atoms with E-state index in [9.17, 15) is 8.42 Å². The molecule has 0 N–H and O–H groups in total. The third-order valence-electron chi connectivity index (χ3n) is 2.20. The summed E-state index contributed by atoms with van der Waals surface area (Å²) in [4.78, 5) is 3.89. The number of unbranched alkanes of at least 4 members (excludes halogenated alkanes) is 1. The third kappa shape index (κ3) is 3.77. The maximum atomic E-state index is 11.0. The highest BCUT2D eigenvalue weighted by atomic mass is 35.7. The Kier molecular flexibility index (Phi) is 4.76. The molecule has 0 aliphatic carbocycles. The maximum absolute atomic E-state index is 11.0. The van der Waals surface area contributed by atoms with Crippen molar-refractivity contribution in [3.8, 4) is 0 Å². The number of ether oxygens (including phenoxy) is 1. The van der Waals surface area contributed by atoms with Crippen LogP contribution >= 0.6 is 10.7 Å². The Morgan fingerprint density at radius 1 is 1.50 bits per heavy atom. The minimum atomic E-state index is -3.72. The second kappa shape index (κ2) is 5.65. The van der Waals surface area contributed by atoms with Crippen molar-refractivity contribution >= 4 is 19.7 Å². The lowest BCUT2D eigenvalue weighted by molar-refractivity contribution is 0.191. The number of halogens is 1. The quantitative estimate of drug-likeness (QED) is 0.579. The fourth-order valence-corrected chi connectivity index (χ4v) is 2.07. The first kappa shape index (κ1) is 13.5. The van der Waals surface area contributed by atoms with Crippen LogP contribution in [0.15, 0.2) is 11.2 Å². The molecule has 0 atom stereocenters. The molecule has 0 saturated heterocycles. The highest BCUT2D eigenvalue weighted by Crippen LogP contribution is 2.14. The largest absolute Gasteiger partial charge is 0.385 e. The second-order valence-electron chi connectivity index (χ2n) is 3.46. The zero-order valence-corrected chi connectivity index (χ0v) is 10.9. The van der Waals surface area contributed by atoms with Gasteiger partial charge in [0.05, 0.1) is 0 Å². The van der Waals surface area contributed by atoms with Gasteiger partial charge in [0.25, 0.3) is 9.05 Å². The molecule has 7 heteroatoms. The molecule has 0 aromatic carbocycles. The van der Waals surface area contributed by atoms with Crippen LogP contribution in [0.2, 0.25) is 0 Å². The molecular weight excluding hydrogens is 252 g/mol. The van der Waals surface area contributed by atoms with E-state index in [0.717, 1.165) is 12.8 Å². The van der Waals surface area contributed by atoms with Crippen LogP contribution in [0.4, 0.5) is 0 Å². The van der Waals surface area contributed by atoms with Crippen LogP contribution < -0.4 is 0 Å². The first-order valence-corrected chi connectivity index (χ1v) is 7.23. The molecule has 1 aromatic rings. The molecule has 1 aromatic heterocycles. The summed E-state index contributed by atoms with van der Waals surface area (Å²) in [5.74, 6) is 0.650. The maximum Gasteiger partial charge on any atom is 0.280 e. The van der Waals surface area contributed by atoms with E-state index in [2.05, 4.69) is 4.98 Å². The van der Waals surface area contributed by atoms with Crippen LogP contribution in [0.5, 0.6) is 0 Å². The van der Waals surface area contributed by atoms with Crippen molar-refractivity contribution < 1.29 is 13.2 Å². The highest BCUT2D eigenvalue weighted by Gasteiger charge is 2.15. The van der Waals surface area contributed by atoms with Crippen molar-refractivity contribution in [3.63, 3.8) is 0 Å². The third-order valence-corrected chi connectivity index (χ3v) is 3.37. The van der Waals surface area contributed by atoms with Crippen molar-refractivity contribution in [2.75, 3.05) is 13.7 Å². The summed E-state index contributed by atoms with van der Waals surface area (Å²) in [6.45, 7) is 3.17. The Balaban J connectivity index is 2.64. The number of nitrogens with zero attached hydrogens (tertiary/aromatic N) is 2. The monoisotopic (exact) mass is 266 g/mol. The number of aromatic nitrogens is 2. The molecule has 0 fully saturated rings. The predicted molar refractivity (Wildman–Crippen MR) is 61.1 cm³/mol. The van der Waals surface area contributed by atoms with Crippen LogP contribution in [0.3, 0.4) is 0 Å². The number of hydrogen-bond donors (Lipinski definition) is 0. The van der Waals surface area contributed by atoms with Crippen molar-refractivity contribution in [2.45, 2.75) is 31.3 Å². The zero-order chi connectivity index (χ0) is 12.2. The summed E-state index contributed by atoms with van der Waals surface area (Å²) in [5, 5.41) is -0.0848. The average molecular weight is 267 g/mol. The molecule has 1 heterocycles. The van der Waals surface area contributed by atoms with Gasteiger partial charge in [0, 0.05) is 37.1 Å². The van der Waals surface area contributed by atoms with Gasteiger partial charge >= 0.3 is 0 Å². The molecule has 0 radical (unpaired) electrons. The molecule has 0 aliphatic rings. The summed E-state index contributed by atoms with van der Waals surface area (Å²) in [7, 11) is 3.13. The summed E-state index contributed by atoms with van der Waals surface area (Å²) >= 11 is 0. The van der Waals surface area contributed by atoms with Crippen molar-refractivity contribution in [1.82, 2.24) is 9.55 Å². The fraction of sp³-hybridized carbons (Fsp3) is 0.667. The van der Waals surface area contributed by atoms with Crippen molar-refractivity contribution in [2.24, 2.45) is 0 Å². The second-order valence-corrected chi connectivity index (χ2v) is 5.97. The molecule has 0 unspecified atom stereocenters. The molecule has 0 amide bonds. The van der Waals surface area contributed by atoms with E-state index >= 15 is 0 Å². The van der Waals surface area contributed by atoms with Gasteiger partial charge in [-0.15, -0.1) is 0 Å². The van der Waals surface area contributed by atoms with Gasteiger partial charge in [-0.2, -0.15) is 0 Å². The van der Waals surface area contributed by atoms with E-state index in [0.29, 0.717) is 19.0 Å². The van der Waals surface area contributed by atoms with Gasteiger partial charge in [0.2, 0.25) is 0 Å². The van der Waals surface area contributed by atoms with E-state index in [1.165, 1.54) is 6.20 Å². The van der Waals surface area contributed by atoms with Crippen LogP contribution in [-0.2, 0) is 20.3 Å². The van der Waals surface area contributed by atoms with E-state index in [1.54, 1.807) is 18.6 Å². The van der Waals surface area contributed by atoms with Crippen molar-refractivity contribution in [1.29, 1.82) is 0 Å². The topological polar surface area (TPSA) is 61.2 Å². The van der Waals surface area contributed by atoms with E-state index in [4.69, 9.17) is 15.4 Å². The number of methoxy groups -OCH3 is 1. The summed E-state index contributed by atoms with van der Waals surface area (Å²) in [5.41, 5.74) is 0. The molecule has 0 aliphatic heterocycles. The standard InChI is InChI=1S/C9H15ClN2O3S/c1-8-11-9(16(10,13)14)7-12(8)5-3-4-6-15-2/h7H,3-6H2,1-2H3. The van der Waals surface area contributed by atoms with Crippen LogP contribution in [0, 0.1) is 6.92 Å². The number of hydrogen-bond acceptors (Lipinski definition) is 4. The minimum absolute atomic E-state index is 0.0848. The Morgan fingerprint density at radius 2 is 2.19 bits per heavy atom. The molecule has 0 saturated carbocycles. The minimum Gasteiger partial charge on any atom is -0.385 e. The summed E-state index contributed by atoms with van der Waals surface area (Å²) in [6.07, 6.45) is 3.30. The van der Waals surface area contributed by atoms with E-state index < -0.39 is 9.05 Å². The van der Waals surface area contributed by atoms with Gasteiger partial charge in [-0.3, -0.25) is 0 Å². The highest BCUT2D eigenvalue weighted by molar-refractivity contribution is 8.13. The smallest absolute Gasteiger partial charge is 0.280 e. The van der Waals surface area contributed by atoms with Gasteiger partial charge in [-0.05, 0) is 19.8 Å². The molecule has 92 valence electrons. The first-order chi connectivity index (χ1) is 7.45. The zero-order valence-electron chi connectivity index (χ0n) is 9.31. The van der Waals surface area contributed by atoms with Gasteiger partial charge in [0.1, 0.15) is 5.82 Å². The van der Waals surface area contributed by atoms with Gasteiger partial charge in [-0.1, -0.05) is 0 Å². The van der Waals surface area contributed by atoms with E-state index in [-0.39, 0.29) is 5.03 Å². The Morgan fingerprint density at radius 3 is 2.69 bits per heavy atom. The summed E-state index contributed by atoms with van der Waals surface area (Å²) in [6, 6.07) is 0. The lowest BCUT2D eigenvalue weighted by Crippen LogP contribution is -2.00. The summed E-state index contributed by atoms with van der Waals surface area (Å²) < 4.78 is 28.8. The molecule has 5 nitrogen and oxygen atoms in total. The lowest BCUT2D eigenvalue weighted by Gasteiger charge is -2.03. The number of aryl methyl sites for hydroxylation is 2. The Bertz CT molecular complexity index is 442.